The van der Waals surface area contributed by atoms with E-state index in [1.54, 1.807) is 11.3 Å². The predicted molar refractivity (Wildman–Crippen MR) is 217 cm³/mol. The average molecular weight is 683 g/mol. The first-order valence-corrected chi connectivity index (χ1v) is 18.5. The Morgan fingerprint density at radius 1 is 0.519 bits per heavy atom. The van der Waals surface area contributed by atoms with Gasteiger partial charge in [-0.1, -0.05) is 152 Å². The van der Waals surface area contributed by atoms with Crippen LogP contribution in [0, 0.1) is 0 Å². The first kappa shape index (κ1) is 29.3. The van der Waals surface area contributed by atoms with Crippen LogP contribution in [0.3, 0.4) is 0 Å². The van der Waals surface area contributed by atoms with Gasteiger partial charge < -0.3 is 9.73 Å². The lowest BCUT2D eigenvalue weighted by atomic mass is 9.93. The van der Waals surface area contributed by atoms with Crippen molar-refractivity contribution < 1.29 is 4.42 Å². The van der Waals surface area contributed by atoms with E-state index in [1.807, 2.05) is 0 Å². The lowest BCUT2D eigenvalue weighted by Crippen LogP contribution is -2.37. The van der Waals surface area contributed by atoms with Crippen molar-refractivity contribution in [3.63, 3.8) is 0 Å². The SMILES string of the molecule is c1ccc(C2=c3sc4ccccc4c3=NC(c3ccc(-c4ccc(-c5cccc6ccccc56)cc4)c4oc5cc6ccccc6cc5c34)N2)cc1. The van der Waals surface area contributed by atoms with E-state index in [9.17, 15) is 0 Å². The molecule has 8 aromatic carbocycles. The molecule has 1 aliphatic heterocycles. The number of fused-ring (bicyclic) bond motifs is 8. The molecule has 4 heteroatoms. The third-order valence-corrected chi connectivity index (χ3v) is 11.7. The summed E-state index contributed by atoms with van der Waals surface area (Å²) in [5.41, 5.74) is 9.70. The Balaban J connectivity index is 1.13. The van der Waals surface area contributed by atoms with Crippen LogP contribution in [-0.2, 0) is 0 Å². The molecular formula is C48H30N2OS. The van der Waals surface area contributed by atoms with Crippen molar-refractivity contribution in [2.75, 3.05) is 0 Å². The number of hydrogen-bond donors (Lipinski definition) is 1. The Morgan fingerprint density at radius 2 is 1.19 bits per heavy atom. The topological polar surface area (TPSA) is 37.5 Å². The van der Waals surface area contributed by atoms with Gasteiger partial charge in [0, 0.05) is 32.0 Å². The number of benzene rings is 8. The van der Waals surface area contributed by atoms with Gasteiger partial charge in [0.1, 0.15) is 17.3 Å². The molecule has 0 amide bonds. The first-order valence-electron chi connectivity index (χ1n) is 17.6. The van der Waals surface area contributed by atoms with Gasteiger partial charge in [-0.3, -0.25) is 4.99 Å². The molecule has 1 atom stereocenters. The Kier molecular flexibility index (Phi) is 6.48. The molecule has 1 aliphatic rings. The second kappa shape index (κ2) is 11.5. The van der Waals surface area contributed by atoms with Crippen LogP contribution in [0.2, 0.25) is 0 Å². The summed E-state index contributed by atoms with van der Waals surface area (Å²) in [6.07, 6.45) is -0.321. The minimum absolute atomic E-state index is 0.321. The fourth-order valence-corrected chi connectivity index (χ4v) is 9.19. The largest absolute Gasteiger partial charge is 0.455 e. The Labute approximate surface area is 303 Å². The van der Waals surface area contributed by atoms with Gasteiger partial charge in [0.05, 0.1) is 15.6 Å². The quantitative estimate of drug-likeness (QED) is 0.201. The van der Waals surface area contributed by atoms with Crippen molar-refractivity contribution in [1.29, 1.82) is 0 Å². The molecule has 0 fully saturated rings. The summed E-state index contributed by atoms with van der Waals surface area (Å²) in [7, 11) is 0. The van der Waals surface area contributed by atoms with Crippen LogP contribution in [-0.4, -0.2) is 0 Å². The van der Waals surface area contributed by atoms with Crippen molar-refractivity contribution in [3.05, 3.63) is 191 Å². The maximum absolute atomic E-state index is 6.91. The molecule has 11 rings (SSSR count). The molecule has 3 heterocycles. The van der Waals surface area contributed by atoms with E-state index >= 15 is 0 Å². The van der Waals surface area contributed by atoms with Gasteiger partial charge in [-0.25, -0.2) is 0 Å². The van der Waals surface area contributed by atoms with Crippen molar-refractivity contribution >= 4 is 70.6 Å². The molecule has 0 bridgehead atoms. The zero-order valence-electron chi connectivity index (χ0n) is 28.0. The molecule has 1 unspecified atom stereocenters. The zero-order chi connectivity index (χ0) is 34.2. The number of nitrogens with zero attached hydrogens (tertiary/aromatic N) is 1. The molecule has 52 heavy (non-hydrogen) atoms. The Morgan fingerprint density at radius 3 is 2.02 bits per heavy atom. The second-order valence-corrected chi connectivity index (χ2v) is 14.6. The van der Waals surface area contributed by atoms with Gasteiger partial charge in [0.2, 0.25) is 0 Å². The van der Waals surface area contributed by atoms with E-state index < -0.39 is 0 Å². The van der Waals surface area contributed by atoms with Crippen molar-refractivity contribution in [1.82, 2.24) is 5.32 Å². The van der Waals surface area contributed by atoms with E-state index in [0.717, 1.165) is 60.6 Å². The molecule has 10 aromatic rings. The molecule has 0 saturated carbocycles. The minimum Gasteiger partial charge on any atom is -0.455 e. The molecular weight excluding hydrogens is 653 g/mol. The molecule has 1 N–H and O–H groups in total. The fourth-order valence-electron chi connectivity index (χ4n) is 8.01. The lowest BCUT2D eigenvalue weighted by molar-refractivity contribution is 0.641. The molecule has 0 radical (unpaired) electrons. The molecule has 0 spiro atoms. The van der Waals surface area contributed by atoms with Gasteiger partial charge >= 0.3 is 0 Å². The maximum atomic E-state index is 6.91. The van der Waals surface area contributed by atoms with Crippen LogP contribution in [0.25, 0.3) is 81.5 Å². The first-order chi connectivity index (χ1) is 25.8. The summed E-state index contributed by atoms with van der Waals surface area (Å²) in [6, 6.07) is 60.7. The van der Waals surface area contributed by atoms with E-state index in [-0.39, 0.29) is 6.17 Å². The molecule has 3 nitrogen and oxygen atoms in total. The summed E-state index contributed by atoms with van der Waals surface area (Å²) < 4.78 is 9.32. The summed E-state index contributed by atoms with van der Waals surface area (Å²) >= 11 is 1.80. The fraction of sp³-hybridized carbons (Fsp3) is 0.0208. The lowest BCUT2D eigenvalue weighted by Gasteiger charge is -2.23. The third-order valence-electron chi connectivity index (χ3n) is 10.5. The zero-order valence-corrected chi connectivity index (χ0v) is 28.8. The van der Waals surface area contributed by atoms with Crippen LogP contribution in [0.5, 0.6) is 0 Å². The highest BCUT2D eigenvalue weighted by Gasteiger charge is 2.26. The van der Waals surface area contributed by atoms with Crippen molar-refractivity contribution in [2.24, 2.45) is 4.99 Å². The van der Waals surface area contributed by atoms with Gasteiger partial charge in [-0.2, -0.15) is 0 Å². The number of nitrogens with one attached hydrogen (secondary N) is 1. The van der Waals surface area contributed by atoms with Crippen LogP contribution >= 0.6 is 11.3 Å². The van der Waals surface area contributed by atoms with Crippen LogP contribution in [0.15, 0.2) is 179 Å². The Bertz CT molecular complexity index is 3150. The van der Waals surface area contributed by atoms with Gasteiger partial charge in [-0.05, 0) is 62.0 Å². The summed E-state index contributed by atoms with van der Waals surface area (Å²) in [5.74, 6) is 0. The third kappa shape index (κ3) is 4.55. The molecule has 0 aliphatic carbocycles. The highest BCUT2D eigenvalue weighted by molar-refractivity contribution is 7.17. The van der Waals surface area contributed by atoms with E-state index in [4.69, 9.17) is 9.41 Å². The standard InChI is InChI=1S/C48H30N2OS/c1-2-12-32(13-3-1)44-47-45(38-18-8-9-20-42(38)52-47)50-48(49-44)39-26-25-37(46-43(39)40-27-33-14-4-5-15-34(33)28-41(40)51-46)31-23-21-30(22-24-31)36-19-10-16-29-11-6-7-17-35(29)36/h1-28,48-49H. The van der Waals surface area contributed by atoms with Crippen molar-refractivity contribution in [3.8, 4) is 22.3 Å². The predicted octanol–water partition coefficient (Wildman–Crippen LogP) is 11.5. The number of thiophene rings is 1. The number of hydrogen-bond acceptors (Lipinski definition) is 4. The Hall–Kier alpha value is -6.49. The highest BCUT2D eigenvalue weighted by Crippen LogP contribution is 2.42. The highest BCUT2D eigenvalue weighted by atomic mass is 32.1. The second-order valence-electron chi connectivity index (χ2n) is 13.5. The maximum Gasteiger partial charge on any atom is 0.146 e. The summed E-state index contributed by atoms with van der Waals surface area (Å²) in [6.45, 7) is 0. The van der Waals surface area contributed by atoms with Crippen LogP contribution in [0.1, 0.15) is 17.3 Å². The van der Waals surface area contributed by atoms with E-state index in [1.165, 1.54) is 41.9 Å². The summed E-state index contributed by atoms with van der Waals surface area (Å²) in [4.78, 5) is 5.49. The van der Waals surface area contributed by atoms with Crippen molar-refractivity contribution in [2.45, 2.75) is 6.17 Å². The summed E-state index contributed by atoms with van der Waals surface area (Å²) in [5, 5.41) is 13.2. The minimum atomic E-state index is -0.321. The number of furan rings is 1. The van der Waals surface area contributed by atoms with Gasteiger partial charge in [-0.15, -0.1) is 11.3 Å². The smallest absolute Gasteiger partial charge is 0.146 e. The molecule has 2 aromatic heterocycles. The monoisotopic (exact) mass is 682 g/mol. The number of rotatable bonds is 4. The average Bonchev–Trinajstić information content (AvgIpc) is 3.78. The van der Waals surface area contributed by atoms with E-state index in [0.29, 0.717) is 0 Å². The van der Waals surface area contributed by atoms with Gasteiger partial charge in [0.25, 0.3) is 0 Å². The normalized spacial score (nSPS) is 14.2. The van der Waals surface area contributed by atoms with Crippen LogP contribution < -0.4 is 15.2 Å². The molecule has 244 valence electrons. The van der Waals surface area contributed by atoms with E-state index in [2.05, 4.69) is 175 Å². The molecule has 0 saturated heterocycles. The van der Waals surface area contributed by atoms with Crippen LogP contribution in [0.4, 0.5) is 0 Å². The van der Waals surface area contributed by atoms with Gasteiger partial charge in [0.15, 0.2) is 0 Å².